The number of hydrazine groups is 1. The molecule has 0 amide bonds. The maximum absolute atomic E-state index is 6.14. The summed E-state index contributed by atoms with van der Waals surface area (Å²) in [6, 6.07) is 5.49. The zero-order valence-electron chi connectivity index (χ0n) is 9.55. The van der Waals surface area contributed by atoms with E-state index < -0.39 is 0 Å². The highest BCUT2D eigenvalue weighted by Crippen LogP contribution is 2.24. The third kappa shape index (κ3) is 1.64. The monoisotopic (exact) mass is 263 g/mol. The maximum Gasteiger partial charge on any atom is 0.223 e. The van der Waals surface area contributed by atoms with E-state index in [1.54, 1.807) is 10.6 Å². The van der Waals surface area contributed by atoms with Crippen LogP contribution in [0.15, 0.2) is 18.2 Å². The number of halogens is 1. The summed E-state index contributed by atoms with van der Waals surface area (Å²) in [5, 5.41) is 12.1. The van der Waals surface area contributed by atoms with Crippen LogP contribution in [0.25, 0.3) is 16.7 Å². The maximum atomic E-state index is 6.14. The fraction of sp³-hybridized carbons (Fsp3) is 0.200. The Morgan fingerprint density at radius 3 is 3.11 bits per heavy atom. The molecule has 0 saturated heterocycles. The van der Waals surface area contributed by atoms with Crippen molar-refractivity contribution in [3.8, 4) is 0 Å². The predicted molar refractivity (Wildman–Crippen MR) is 68.4 cm³/mol. The van der Waals surface area contributed by atoms with Gasteiger partial charge in [-0.1, -0.05) is 24.6 Å². The fourth-order valence-electron chi connectivity index (χ4n) is 1.70. The minimum Gasteiger partial charge on any atom is -0.303 e. The molecule has 7 nitrogen and oxygen atoms in total. The van der Waals surface area contributed by atoms with Crippen LogP contribution in [0, 0.1) is 0 Å². The van der Waals surface area contributed by atoms with Gasteiger partial charge in [-0.15, -0.1) is 5.10 Å². The number of nitrogens with zero attached hydrogens (tertiary/aromatic N) is 5. The largest absolute Gasteiger partial charge is 0.303 e. The predicted octanol–water partition coefficient (Wildman–Crippen LogP) is 1.26. The normalized spacial score (nSPS) is 11.2. The second-order valence-corrected chi connectivity index (χ2v) is 4.04. The number of rotatable bonds is 3. The molecule has 2 heterocycles. The highest BCUT2D eigenvalue weighted by Gasteiger charge is 2.12. The van der Waals surface area contributed by atoms with E-state index >= 15 is 0 Å². The second kappa shape index (κ2) is 4.35. The van der Waals surface area contributed by atoms with Gasteiger partial charge in [0.05, 0.1) is 10.5 Å². The SMILES string of the molecule is CCNNc1nc2c(Cl)cccc2n2nnnc12. The number of aromatic nitrogens is 5. The van der Waals surface area contributed by atoms with Crippen molar-refractivity contribution >= 4 is 34.1 Å². The van der Waals surface area contributed by atoms with Crippen LogP contribution in [0.1, 0.15) is 6.92 Å². The van der Waals surface area contributed by atoms with Crippen LogP contribution >= 0.6 is 11.6 Å². The van der Waals surface area contributed by atoms with Crippen LogP contribution in [-0.2, 0) is 0 Å². The quantitative estimate of drug-likeness (QED) is 0.693. The lowest BCUT2D eigenvalue weighted by Gasteiger charge is -2.08. The van der Waals surface area contributed by atoms with Crippen molar-refractivity contribution in [1.29, 1.82) is 0 Å². The smallest absolute Gasteiger partial charge is 0.223 e. The first-order valence-electron chi connectivity index (χ1n) is 5.46. The summed E-state index contributed by atoms with van der Waals surface area (Å²) in [5.74, 6) is 0.544. The van der Waals surface area contributed by atoms with Gasteiger partial charge in [-0.3, -0.25) is 0 Å². The van der Waals surface area contributed by atoms with Crippen LogP contribution in [0.5, 0.6) is 0 Å². The van der Waals surface area contributed by atoms with Gasteiger partial charge in [-0.25, -0.2) is 10.4 Å². The van der Waals surface area contributed by atoms with Gasteiger partial charge in [0.1, 0.15) is 5.52 Å². The fourth-order valence-corrected chi connectivity index (χ4v) is 1.91. The standard InChI is InChI=1S/C10H10ClN7/c1-2-12-14-9-10-15-16-17-18(10)7-5-3-4-6(11)8(7)13-9/h3-5,12H,2H2,1H3,(H,13,14). The number of benzene rings is 1. The molecule has 3 rings (SSSR count). The Morgan fingerprint density at radius 1 is 1.39 bits per heavy atom. The van der Waals surface area contributed by atoms with Gasteiger partial charge in [0, 0.05) is 6.54 Å². The Hall–Kier alpha value is -1.99. The van der Waals surface area contributed by atoms with E-state index in [9.17, 15) is 0 Å². The summed E-state index contributed by atoms with van der Waals surface area (Å²) in [5.41, 5.74) is 7.89. The third-order valence-electron chi connectivity index (χ3n) is 2.48. The lowest BCUT2D eigenvalue weighted by Crippen LogP contribution is -2.22. The molecule has 92 valence electrons. The van der Waals surface area contributed by atoms with Gasteiger partial charge >= 0.3 is 0 Å². The van der Waals surface area contributed by atoms with Gasteiger partial charge in [-0.2, -0.15) is 4.52 Å². The third-order valence-corrected chi connectivity index (χ3v) is 2.79. The summed E-state index contributed by atoms with van der Waals surface area (Å²) in [6.07, 6.45) is 0. The molecule has 0 aliphatic rings. The molecule has 0 aliphatic heterocycles. The second-order valence-electron chi connectivity index (χ2n) is 3.64. The van der Waals surface area contributed by atoms with Gasteiger partial charge in [0.2, 0.25) is 5.65 Å². The number of fused-ring (bicyclic) bond motifs is 3. The number of para-hydroxylation sites is 1. The zero-order chi connectivity index (χ0) is 12.5. The number of tetrazole rings is 1. The van der Waals surface area contributed by atoms with Crippen LogP contribution in [0.4, 0.5) is 5.82 Å². The average Bonchev–Trinajstić information content (AvgIpc) is 2.86. The molecular formula is C10H10ClN7. The molecule has 0 fully saturated rings. The van der Waals surface area contributed by atoms with Crippen LogP contribution in [0.2, 0.25) is 5.02 Å². The number of nitrogens with one attached hydrogen (secondary N) is 2. The van der Waals surface area contributed by atoms with E-state index in [2.05, 4.69) is 31.4 Å². The Bertz CT molecular complexity index is 708. The number of hydrogen-bond donors (Lipinski definition) is 2. The van der Waals surface area contributed by atoms with Gasteiger partial charge in [-0.05, 0) is 22.6 Å². The first kappa shape index (κ1) is 11.1. The average molecular weight is 264 g/mol. The highest BCUT2D eigenvalue weighted by atomic mass is 35.5. The summed E-state index contributed by atoms with van der Waals surface area (Å²) in [6.45, 7) is 2.72. The van der Waals surface area contributed by atoms with Crippen molar-refractivity contribution in [1.82, 2.24) is 30.5 Å². The van der Waals surface area contributed by atoms with Crippen molar-refractivity contribution in [3.05, 3.63) is 23.2 Å². The first-order valence-corrected chi connectivity index (χ1v) is 5.84. The lowest BCUT2D eigenvalue weighted by molar-refractivity contribution is 0.831. The van der Waals surface area contributed by atoms with Crippen molar-refractivity contribution in [2.24, 2.45) is 0 Å². The van der Waals surface area contributed by atoms with Crippen molar-refractivity contribution in [2.45, 2.75) is 6.92 Å². The molecule has 8 heteroatoms. The minimum atomic E-state index is 0.544. The highest BCUT2D eigenvalue weighted by molar-refractivity contribution is 6.35. The van der Waals surface area contributed by atoms with E-state index in [0.717, 1.165) is 12.1 Å². The molecule has 0 bridgehead atoms. The zero-order valence-corrected chi connectivity index (χ0v) is 10.3. The molecule has 3 aromatic rings. The van der Waals surface area contributed by atoms with E-state index in [0.29, 0.717) is 22.0 Å². The van der Waals surface area contributed by atoms with Gasteiger partial charge < -0.3 is 5.43 Å². The van der Waals surface area contributed by atoms with Crippen molar-refractivity contribution in [3.63, 3.8) is 0 Å². The van der Waals surface area contributed by atoms with Crippen molar-refractivity contribution in [2.75, 3.05) is 12.0 Å². The minimum absolute atomic E-state index is 0.544. The molecule has 2 N–H and O–H groups in total. The topological polar surface area (TPSA) is 80.0 Å². The van der Waals surface area contributed by atoms with Crippen molar-refractivity contribution < 1.29 is 0 Å². The lowest BCUT2D eigenvalue weighted by atomic mass is 10.3. The molecule has 0 aliphatic carbocycles. The summed E-state index contributed by atoms with van der Waals surface area (Å²) in [7, 11) is 0. The molecule has 0 atom stereocenters. The van der Waals surface area contributed by atoms with Gasteiger partial charge in [0.25, 0.3) is 0 Å². The Balaban J connectivity index is 2.33. The molecule has 0 spiro atoms. The van der Waals surface area contributed by atoms with Gasteiger partial charge in [0.15, 0.2) is 5.82 Å². The molecule has 1 aromatic carbocycles. The molecule has 0 saturated carbocycles. The molecule has 0 unspecified atom stereocenters. The summed E-state index contributed by atoms with van der Waals surface area (Å²) in [4.78, 5) is 4.44. The molecular weight excluding hydrogens is 254 g/mol. The van der Waals surface area contributed by atoms with E-state index in [-0.39, 0.29) is 0 Å². The summed E-state index contributed by atoms with van der Waals surface area (Å²) < 4.78 is 1.61. The Morgan fingerprint density at radius 2 is 2.28 bits per heavy atom. The number of anilines is 1. The number of hydrogen-bond acceptors (Lipinski definition) is 6. The molecule has 18 heavy (non-hydrogen) atoms. The van der Waals surface area contributed by atoms with E-state index in [1.165, 1.54) is 0 Å². The Kier molecular flexibility index (Phi) is 2.69. The van der Waals surface area contributed by atoms with Crippen LogP contribution in [0.3, 0.4) is 0 Å². The summed E-state index contributed by atoms with van der Waals surface area (Å²) >= 11 is 6.14. The van der Waals surface area contributed by atoms with Crippen LogP contribution < -0.4 is 10.9 Å². The molecule has 2 aromatic heterocycles. The Labute approximate surface area is 107 Å². The molecule has 0 radical (unpaired) electrons. The van der Waals surface area contributed by atoms with E-state index in [1.807, 2.05) is 19.1 Å². The first-order chi connectivity index (χ1) is 8.81. The van der Waals surface area contributed by atoms with Crippen LogP contribution in [-0.4, -0.2) is 31.6 Å². The van der Waals surface area contributed by atoms with E-state index in [4.69, 9.17) is 11.6 Å².